The summed E-state index contributed by atoms with van der Waals surface area (Å²) in [6.07, 6.45) is 1.72. The van der Waals surface area contributed by atoms with E-state index >= 15 is 0 Å². The SMILES string of the molecule is CC.CC.CC.CI.Cc1cnc(N)nc1C. The topological polar surface area (TPSA) is 51.8 Å². The number of rotatable bonds is 0. The summed E-state index contributed by atoms with van der Waals surface area (Å²) in [5.41, 5.74) is 7.33. The summed E-state index contributed by atoms with van der Waals surface area (Å²) in [6.45, 7) is 15.9. The number of halogens is 1. The highest BCUT2D eigenvalue weighted by Crippen LogP contribution is 2.00. The smallest absolute Gasteiger partial charge is 0.220 e. The van der Waals surface area contributed by atoms with Gasteiger partial charge in [0, 0.05) is 11.9 Å². The maximum Gasteiger partial charge on any atom is 0.220 e. The van der Waals surface area contributed by atoms with Gasteiger partial charge in [0.05, 0.1) is 0 Å². The molecule has 0 bridgehead atoms. The number of alkyl halides is 1. The Morgan fingerprint density at radius 2 is 1.29 bits per heavy atom. The third kappa shape index (κ3) is 18.2. The first-order valence-corrected chi connectivity index (χ1v) is 8.29. The third-order valence-corrected chi connectivity index (χ3v) is 1.24. The van der Waals surface area contributed by atoms with E-state index in [1.54, 1.807) is 6.20 Å². The molecule has 0 fully saturated rings. The Labute approximate surface area is 122 Å². The van der Waals surface area contributed by atoms with Crippen molar-refractivity contribution in [2.24, 2.45) is 0 Å². The van der Waals surface area contributed by atoms with Crippen LogP contribution in [0.15, 0.2) is 6.20 Å². The van der Waals surface area contributed by atoms with Crippen LogP contribution < -0.4 is 5.73 Å². The van der Waals surface area contributed by atoms with Crippen LogP contribution in [0.1, 0.15) is 52.8 Å². The van der Waals surface area contributed by atoms with Gasteiger partial charge in [0.25, 0.3) is 0 Å². The summed E-state index contributed by atoms with van der Waals surface area (Å²) in [7, 11) is 0. The molecule has 0 aliphatic carbocycles. The third-order valence-electron chi connectivity index (χ3n) is 1.24. The van der Waals surface area contributed by atoms with Crippen LogP contribution in [0, 0.1) is 13.8 Å². The van der Waals surface area contributed by atoms with Crippen molar-refractivity contribution >= 4 is 28.5 Å². The normalized spacial score (nSPS) is 6.47. The minimum absolute atomic E-state index is 0.345. The van der Waals surface area contributed by atoms with Crippen molar-refractivity contribution in [1.82, 2.24) is 9.97 Å². The van der Waals surface area contributed by atoms with Crippen molar-refractivity contribution in [2.75, 3.05) is 10.7 Å². The van der Waals surface area contributed by atoms with E-state index in [0.717, 1.165) is 11.3 Å². The summed E-state index contributed by atoms with van der Waals surface area (Å²) >= 11 is 2.15. The van der Waals surface area contributed by atoms with E-state index in [0.29, 0.717) is 5.95 Å². The molecule has 0 aliphatic rings. The average molecular weight is 355 g/mol. The highest BCUT2D eigenvalue weighted by Gasteiger charge is 1.92. The van der Waals surface area contributed by atoms with Crippen LogP contribution in [-0.4, -0.2) is 14.9 Å². The molecule has 0 spiro atoms. The highest BCUT2D eigenvalue weighted by atomic mass is 127. The van der Waals surface area contributed by atoms with Crippen LogP contribution in [0.5, 0.6) is 0 Å². The standard InChI is InChI=1S/C6H9N3.3C2H6.CH3I/c1-4-3-8-6(7)9-5(4)2;4*1-2/h3H,1-2H3,(H2,7,8,9);3*1-2H3;1H3. The van der Waals surface area contributed by atoms with Crippen molar-refractivity contribution in [3.63, 3.8) is 0 Å². The lowest BCUT2D eigenvalue weighted by Gasteiger charge is -1.96. The quantitative estimate of drug-likeness (QED) is 0.537. The summed E-state index contributed by atoms with van der Waals surface area (Å²) in [4.78, 5) is 9.72. The van der Waals surface area contributed by atoms with Gasteiger partial charge in [-0.15, -0.1) is 0 Å². The van der Waals surface area contributed by atoms with Crippen LogP contribution in [0.2, 0.25) is 0 Å². The molecule has 0 saturated carbocycles. The predicted molar refractivity (Wildman–Crippen MR) is 89.9 cm³/mol. The van der Waals surface area contributed by atoms with Crippen LogP contribution >= 0.6 is 22.6 Å². The van der Waals surface area contributed by atoms with Gasteiger partial charge in [0.15, 0.2) is 0 Å². The van der Waals surface area contributed by atoms with Gasteiger partial charge in [-0.25, -0.2) is 9.97 Å². The van der Waals surface area contributed by atoms with Crippen LogP contribution in [0.4, 0.5) is 5.95 Å². The van der Waals surface area contributed by atoms with Gasteiger partial charge in [0.2, 0.25) is 5.95 Å². The number of nitrogens with zero attached hydrogens (tertiary/aromatic N) is 2. The first kappa shape index (κ1) is 25.5. The molecule has 0 radical (unpaired) electrons. The molecule has 0 unspecified atom stereocenters. The maximum atomic E-state index is 5.31. The van der Waals surface area contributed by atoms with Crippen LogP contribution in [0.25, 0.3) is 0 Å². The van der Waals surface area contributed by atoms with Gasteiger partial charge in [-0.1, -0.05) is 64.1 Å². The highest BCUT2D eigenvalue weighted by molar-refractivity contribution is 14.1. The van der Waals surface area contributed by atoms with E-state index in [2.05, 4.69) is 32.6 Å². The minimum atomic E-state index is 0.345. The zero-order valence-electron chi connectivity index (χ0n) is 12.9. The lowest BCUT2D eigenvalue weighted by molar-refractivity contribution is 1.08. The lowest BCUT2D eigenvalue weighted by Crippen LogP contribution is -1.97. The lowest BCUT2D eigenvalue weighted by atomic mass is 10.3. The Bertz CT molecular complexity index is 228. The zero-order valence-corrected chi connectivity index (χ0v) is 15.1. The van der Waals surface area contributed by atoms with Crippen molar-refractivity contribution in [2.45, 2.75) is 55.4 Å². The van der Waals surface area contributed by atoms with E-state index < -0.39 is 0 Å². The van der Waals surface area contributed by atoms with Gasteiger partial charge >= 0.3 is 0 Å². The van der Waals surface area contributed by atoms with Gasteiger partial charge in [0.1, 0.15) is 0 Å². The number of hydrogen-bond donors (Lipinski definition) is 1. The van der Waals surface area contributed by atoms with Gasteiger partial charge in [-0.2, -0.15) is 0 Å². The maximum absolute atomic E-state index is 5.31. The fourth-order valence-corrected chi connectivity index (χ4v) is 0.545. The van der Waals surface area contributed by atoms with E-state index in [4.69, 9.17) is 5.73 Å². The van der Waals surface area contributed by atoms with E-state index in [9.17, 15) is 0 Å². The first-order valence-electron chi connectivity index (χ1n) is 6.13. The molecule has 1 rings (SSSR count). The van der Waals surface area contributed by atoms with E-state index in [1.165, 1.54) is 0 Å². The fourth-order valence-electron chi connectivity index (χ4n) is 0.545. The van der Waals surface area contributed by atoms with Crippen LogP contribution in [0.3, 0.4) is 0 Å². The number of aryl methyl sites for hydroxylation is 2. The molecule has 0 amide bonds. The molecule has 0 saturated heterocycles. The molecule has 1 aromatic heterocycles. The Balaban J connectivity index is -0.0000000905. The molecular weight excluding hydrogens is 325 g/mol. The second kappa shape index (κ2) is 24.7. The molecule has 3 nitrogen and oxygen atoms in total. The second-order valence-corrected chi connectivity index (χ2v) is 2.00. The fraction of sp³-hybridized carbons (Fsp3) is 0.692. The summed E-state index contributed by atoms with van der Waals surface area (Å²) in [5.74, 6) is 0.345. The van der Waals surface area contributed by atoms with Crippen molar-refractivity contribution in [1.29, 1.82) is 0 Å². The average Bonchev–Trinajstić information content (AvgIpc) is 2.43. The number of nitrogens with two attached hydrogens (primary N) is 1. The monoisotopic (exact) mass is 355 g/mol. The Morgan fingerprint density at radius 3 is 1.53 bits per heavy atom. The molecule has 0 aromatic carbocycles. The molecule has 1 aromatic rings. The predicted octanol–water partition coefficient (Wildman–Crippen LogP) is 4.81. The molecule has 0 atom stereocenters. The summed E-state index contributed by atoms with van der Waals surface area (Å²) in [5, 5.41) is 0. The van der Waals surface area contributed by atoms with Crippen molar-refractivity contribution in [3.05, 3.63) is 17.5 Å². The van der Waals surface area contributed by atoms with Crippen molar-refractivity contribution < 1.29 is 0 Å². The Hall–Kier alpha value is -0.390. The molecule has 104 valence electrons. The largest absolute Gasteiger partial charge is 0.368 e. The van der Waals surface area contributed by atoms with E-state index in [-0.39, 0.29) is 0 Å². The number of anilines is 1. The molecule has 2 N–H and O–H groups in total. The summed E-state index contributed by atoms with van der Waals surface area (Å²) in [6, 6.07) is 0. The molecule has 4 heteroatoms. The summed E-state index contributed by atoms with van der Waals surface area (Å²) < 4.78 is 0. The van der Waals surface area contributed by atoms with Gasteiger partial charge in [-0.05, 0) is 24.3 Å². The molecule has 17 heavy (non-hydrogen) atoms. The second-order valence-electron chi connectivity index (χ2n) is 2.00. The molecule has 0 aliphatic heterocycles. The minimum Gasteiger partial charge on any atom is -0.368 e. The molecule has 1 heterocycles. The van der Waals surface area contributed by atoms with Gasteiger partial charge in [-0.3, -0.25) is 0 Å². The Morgan fingerprint density at radius 1 is 0.941 bits per heavy atom. The van der Waals surface area contributed by atoms with Crippen LogP contribution in [-0.2, 0) is 0 Å². The number of nitrogen functional groups attached to an aromatic ring is 1. The first-order chi connectivity index (χ1) is 8.20. The van der Waals surface area contributed by atoms with Crippen molar-refractivity contribution in [3.8, 4) is 0 Å². The zero-order chi connectivity index (χ0) is 14.9. The van der Waals surface area contributed by atoms with Gasteiger partial charge < -0.3 is 5.73 Å². The number of aromatic nitrogens is 2. The van der Waals surface area contributed by atoms with E-state index in [1.807, 2.05) is 60.3 Å². The Kier molecular flexibility index (Phi) is 37.0. The number of hydrogen-bond acceptors (Lipinski definition) is 3. The molecular formula is C13H30IN3.